The summed E-state index contributed by atoms with van der Waals surface area (Å²) in [6.45, 7) is 3.94. The highest BCUT2D eigenvalue weighted by Crippen LogP contribution is 2.17. The molecule has 1 atom stereocenters. The number of hydrogen-bond donors (Lipinski definition) is 1. The van der Waals surface area contributed by atoms with Crippen molar-refractivity contribution in [3.05, 3.63) is 0 Å². The van der Waals surface area contributed by atoms with Crippen LogP contribution in [-0.4, -0.2) is 56.8 Å². The number of piperidine rings is 1. The highest BCUT2D eigenvalue weighted by molar-refractivity contribution is 14.0. The van der Waals surface area contributed by atoms with Gasteiger partial charge >= 0.3 is 5.97 Å². The Balaban J connectivity index is 0.00000361. The number of carbonyl (C=O) groups is 1. The zero-order chi connectivity index (χ0) is 14.1. The first kappa shape index (κ1) is 19.4. The first-order valence-corrected chi connectivity index (χ1v) is 6.91. The first-order valence-electron chi connectivity index (χ1n) is 6.91. The molecule has 0 unspecified atom stereocenters. The van der Waals surface area contributed by atoms with Crippen LogP contribution in [0.15, 0.2) is 4.99 Å². The van der Waals surface area contributed by atoms with Crippen LogP contribution in [0.3, 0.4) is 0 Å². The van der Waals surface area contributed by atoms with E-state index in [9.17, 15) is 9.18 Å². The number of hydrogen-bond acceptors (Lipinski definition) is 3. The number of rotatable bonds is 5. The second-order valence-electron chi connectivity index (χ2n) is 4.55. The van der Waals surface area contributed by atoms with Crippen LogP contribution in [-0.2, 0) is 9.53 Å². The lowest BCUT2D eigenvalue weighted by molar-refractivity contribution is -0.149. The van der Waals surface area contributed by atoms with Crippen LogP contribution in [0.1, 0.15) is 26.2 Å². The minimum atomic E-state index is -0.338. The number of nitrogens with zero attached hydrogens (tertiary/aromatic N) is 2. The van der Waals surface area contributed by atoms with Crippen molar-refractivity contribution in [3.8, 4) is 0 Å². The van der Waals surface area contributed by atoms with Gasteiger partial charge in [-0.15, -0.1) is 24.0 Å². The molecule has 20 heavy (non-hydrogen) atoms. The van der Waals surface area contributed by atoms with Crippen molar-refractivity contribution in [2.75, 3.05) is 40.0 Å². The molecule has 7 heteroatoms. The van der Waals surface area contributed by atoms with Gasteiger partial charge in [-0.3, -0.25) is 14.2 Å². The summed E-state index contributed by atoms with van der Waals surface area (Å²) in [7, 11) is 1.70. The summed E-state index contributed by atoms with van der Waals surface area (Å²) in [4.78, 5) is 18.0. The Bertz CT molecular complexity index is 316. The highest BCUT2D eigenvalue weighted by Gasteiger charge is 2.28. The predicted octanol–water partition coefficient (Wildman–Crippen LogP) is 1.81. The maximum Gasteiger partial charge on any atom is 0.310 e. The van der Waals surface area contributed by atoms with Gasteiger partial charge in [-0.25, -0.2) is 0 Å². The van der Waals surface area contributed by atoms with Crippen LogP contribution >= 0.6 is 24.0 Å². The summed E-state index contributed by atoms with van der Waals surface area (Å²) >= 11 is 0. The topological polar surface area (TPSA) is 53.9 Å². The van der Waals surface area contributed by atoms with Crippen LogP contribution < -0.4 is 5.32 Å². The van der Waals surface area contributed by atoms with Crippen LogP contribution in [0.4, 0.5) is 4.39 Å². The van der Waals surface area contributed by atoms with Crippen molar-refractivity contribution in [1.82, 2.24) is 10.2 Å². The minimum absolute atomic E-state index is 0. The van der Waals surface area contributed by atoms with Crippen molar-refractivity contribution >= 4 is 35.9 Å². The summed E-state index contributed by atoms with van der Waals surface area (Å²) in [5.74, 6) is 0.516. The predicted molar refractivity (Wildman–Crippen MR) is 88.3 cm³/mol. The third-order valence-corrected chi connectivity index (χ3v) is 3.15. The number of halogens is 2. The van der Waals surface area contributed by atoms with Crippen molar-refractivity contribution in [1.29, 1.82) is 0 Å². The maximum atomic E-state index is 12.1. The quantitative estimate of drug-likeness (QED) is 0.251. The van der Waals surface area contributed by atoms with Gasteiger partial charge in [0.05, 0.1) is 19.2 Å². The van der Waals surface area contributed by atoms with Gasteiger partial charge < -0.3 is 15.0 Å². The number of guanidine groups is 1. The summed E-state index contributed by atoms with van der Waals surface area (Å²) < 4.78 is 17.2. The van der Waals surface area contributed by atoms with Gasteiger partial charge in [0.1, 0.15) is 0 Å². The molecule has 0 radical (unpaired) electrons. The zero-order valence-corrected chi connectivity index (χ0v) is 14.6. The molecule has 0 aromatic carbocycles. The molecule has 0 spiro atoms. The Labute approximate surface area is 137 Å². The van der Waals surface area contributed by atoms with Gasteiger partial charge in [-0.1, -0.05) is 0 Å². The Morgan fingerprint density at radius 1 is 1.55 bits per heavy atom. The van der Waals surface area contributed by atoms with Crippen molar-refractivity contribution in [2.24, 2.45) is 10.9 Å². The molecular formula is C13H25FIN3O2. The third-order valence-electron chi connectivity index (χ3n) is 3.15. The van der Waals surface area contributed by atoms with E-state index in [1.165, 1.54) is 0 Å². The fourth-order valence-corrected chi connectivity index (χ4v) is 2.22. The number of nitrogens with one attached hydrogen (secondary N) is 1. The Kier molecular flexibility index (Phi) is 10.8. The van der Waals surface area contributed by atoms with Gasteiger partial charge in [0.25, 0.3) is 0 Å². The number of likely N-dealkylation sites (tertiary alicyclic amines) is 1. The molecule has 0 aromatic heterocycles. The van der Waals surface area contributed by atoms with E-state index in [2.05, 4.69) is 10.3 Å². The largest absolute Gasteiger partial charge is 0.466 e. The smallest absolute Gasteiger partial charge is 0.310 e. The molecule has 0 saturated carbocycles. The van der Waals surface area contributed by atoms with Crippen LogP contribution in [0.2, 0.25) is 0 Å². The zero-order valence-electron chi connectivity index (χ0n) is 12.2. The van der Waals surface area contributed by atoms with Gasteiger partial charge in [-0.2, -0.15) is 0 Å². The normalized spacial score (nSPS) is 19.2. The van der Waals surface area contributed by atoms with E-state index in [4.69, 9.17) is 4.74 Å². The van der Waals surface area contributed by atoms with Crippen LogP contribution in [0, 0.1) is 5.92 Å². The number of aliphatic imine (C=N–C) groups is 1. The van der Waals surface area contributed by atoms with E-state index in [0.717, 1.165) is 25.3 Å². The second kappa shape index (κ2) is 11.1. The van der Waals surface area contributed by atoms with Crippen molar-refractivity contribution in [3.63, 3.8) is 0 Å². The SMILES string of the molecule is CCOC(=O)[C@H]1CCCN(C(=NC)NCCCF)C1.I. The van der Waals surface area contributed by atoms with Crippen molar-refractivity contribution in [2.45, 2.75) is 26.2 Å². The lowest BCUT2D eigenvalue weighted by Crippen LogP contribution is -2.48. The number of ether oxygens (including phenoxy) is 1. The summed E-state index contributed by atoms with van der Waals surface area (Å²) in [5.41, 5.74) is 0. The van der Waals surface area contributed by atoms with E-state index < -0.39 is 0 Å². The van der Waals surface area contributed by atoms with Gasteiger partial charge in [0.15, 0.2) is 5.96 Å². The summed E-state index contributed by atoms with van der Waals surface area (Å²) in [5, 5.41) is 3.12. The second-order valence-corrected chi connectivity index (χ2v) is 4.55. The van der Waals surface area contributed by atoms with Crippen LogP contribution in [0.5, 0.6) is 0 Å². The van der Waals surface area contributed by atoms with E-state index in [0.29, 0.717) is 26.1 Å². The maximum absolute atomic E-state index is 12.1. The Hall–Kier alpha value is -0.600. The molecule has 1 fully saturated rings. The molecule has 0 amide bonds. The molecule has 1 rings (SSSR count). The molecule has 1 aliphatic rings. The monoisotopic (exact) mass is 401 g/mol. The lowest BCUT2D eigenvalue weighted by Gasteiger charge is -2.33. The van der Waals surface area contributed by atoms with Gasteiger partial charge in [-0.05, 0) is 26.2 Å². The third kappa shape index (κ3) is 6.23. The molecule has 0 bridgehead atoms. The molecule has 1 N–H and O–H groups in total. The minimum Gasteiger partial charge on any atom is -0.466 e. The first-order chi connectivity index (χ1) is 9.22. The van der Waals surface area contributed by atoms with Crippen molar-refractivity contribution < 1.29 is 13.9 Å². The Morgan fingerprint density at radius 2 is 2.30 bits per heavy atom. The molecule has 1 heterocycles. The van der Waals surface area contributed by atoms with Gasteiger partial charge in [0, 0.05) is 26.7 Å². The molecule has 5 nitrogen and oxygen atoms in total. The van der Waals surface area contributed by atoms with E-state index >= 15 is 0 Å². The molecule has 1 saturated heterocycles. The molecule has 0 aliphatic carbocycles. The average molecular weight is 401 g/mol. The summed E-state index contributed by atoms with van der Waals surface area (Å²) in [6.07, 6.45) is 2.26. The average Bonchev–Trinajstić information content (AvgIpc) is 2.44. The molecular weight excluding hydrogens is 376 g/mol. The molecule has 118 valence electrons. The lowest BCUT2D eigenvalue weighted by atomic mass is 9.98. The summed E-state index contributed by atoms with van der Waals surface area (Å²) in [6, 6.07) is 0. The van der Waals surface area contributed by atoms with Gasteiger partial charge in [0.2, 0.25) is 0 Å². The fraction of sp³-hybridized carbons (Fsp3) is 0.846. The Morgan fingerprint density at radius 3 is 2.90 bits per heavy atom. The molecule has 1 aliphatic heterocycles. The number of alkyl halides is 1. The number of carbonyl (C=O) groups excluding carboxylic acids is 1. The van der Waals surface area contributed by atoms with E-state index in [-0.39, 0.29) is 42.5 Å². The van der Waals surface area contributed by atoms with E-state index in [1.807, 2.05) is 11.8 Å². The highest BCUT2D eigenvalue weighted by atomic mass is 127. The molecule has 0 aromatic rings. The van der Waals surface area contributed by atoms with Crippen LogP contribution in [0.25, 0.3) is 0 Å². The number of esters is 1. The fourth-order valence-electron chi connectivity index (χ4n) is 2.22. The van der Waals surface area contributed by atoms with E-state index in [1.54, 1.807) is 7.05 Å². The standard InChI is InChI=1S/C13H24FN3O2.HI/c1-3-19-12(18)11-6-4-9-17(10-11)13(15-2)16-8-5-7-14;/h11H,3-10H2,1-2H3,(H,15,16);1H/t11-;/m0./s1.